The Hall–Kier alpha value is -1.84. The highest BCUT2D eigenvalue weighted by Crippen LogP contribution is 2.06. The Kier molecular flexibility index (Phi) is 3.66. The van der Waals surface area contributed by atoms with E-state index in [0.717, 1.165) is 7.11 Å². The molecule has 0 unspecified atom stereocenters. The van der Waals surface area contributed by atoms with E-state index in [1.807, 2.05) is 4.72 Å². The number of hydrogen-bond acceptors (Lipinski definition) is 7. The molecule has 0 amide bonds. The van der Waals surface area contributed by atoms with Gasteiger partial charge in [-0.1, -0.05) is 0 Å². The Bertz CT molecular complexity index is 467. The zero-order valence-corrected chi connectivity index (χ0v) is 9.37. The smallest absolute Gasteiger partial charge is 0.336 e. The number of methoxy groups -OCH3 is 2. The summed E-state index contributed by atoms with van der Waals surface area (Å²) in [4.78, 5) is 14.4. The molecule has 0 aromatic carbocycles. The van der Waals surface area contributed by atoms with Crippen molar-refractivity contribution in [1.29, 1.82) is 0 Å². The molecule has 1 aromatic rings. The predicted molar refractivity (Wildman–Crippen MR) is 52.4 cm³/mol. The molecule has 2 N–H and O–H groups in total. The van der Waals surface area contributed by atoms with Crippen LogP contribution >= 0.6 is 0 Å². The number of nitrogens with one attached hydrogen (secondary N) is 2. The third kappa shape index (κ3) is 3.38. The van der Waals surface area contributed by atoms with E-state index in [0.29, 0.717) is 0 Å². The van der Waals surface area contributed by atoms with E-state index in [1.54, 1.807) is 0 Å². The van der Waals surface area contributed by atoms with E-state index < -0.39 is 21.7 Å². The monoisotopic (exact) mass is 250 g/mol. The van der Waals surface area contributed by atoms with Crippen molar-refractivity contribution in [2.24, 2.45) is 0 Å². The number of aromatic amines is 1. The van der Waals surface area contributed by atoms with E-state index in [1.165, 1.54) is 7.11 Å². The normalized spacial score (nSPS) is 10.9. The second-order valence-corrected chi connectivity index (χ2v) is 4.33. The zero-order chi connectivity index (χ0) is 12.2. The first-order valence-electron chi connectivity index (χ1n) is 4.00. The van der Waals surface area contributed by atoms with Crippen LogP contribution in [0.5, 0.6) is 6.01 Å². The van der Waals surface area contributed by atoms with Crippen molar-refractivity contribution in [3.05, 3.63) is 0 Å². The van der Waals surface area contributed by atoms with Gasteiger partial charge in [0.15, 0.2) is 5.75 Å². The van der Waals surface area contributed by atoms with Gasteiger partial charge in [-0.15, -0.1) is 5.10 Å². The summed E-state index contributed by atoms with van der Waals surface area (Å²) in [6, 6.07) is -0.0178. The minimum absolute atomic E-state index is 0.0178. The van der Waals surface area contributed by atoms with Crippen molar-refractivity contribution >= 4 is 21.9 Å². The molecule has 16 heavy (non-hydrogen) atoms. The topological polar surface area (TPSA) is 123 Å². The Labute approximate surface area is 91.2 Å². The first-order valence-corrected chi connectivity index (χ1v) is 5.66. The molecule has 0 aliphatic heterocycles. The summed E-state index contributed by atoms with van der Waals surface area (Å²) >= 11 is 0. The van der Waals surface area contributed by atoms with Crippen LogP contribution in [0.2, 0.25) is 0 Å². The van der Waals surface area contributed by atoms with Crippen LogP contribution in [0.3, 0.4) is 0 Å². The molecule has 1 aromatic heterocycles. The number of carbonyl (C=O) groups is 1. The Balaban J connectivity index is 2.69. The van der Waals surface area contributed by atoms with E-state index in [2.05, 4.69) is 24.7 Å². The van der Waals surface area contributed by atoms with Crippen molar-refractivity contribution < 1.29 is 22.7 Å². The minimum atomic E-state index is -3.85. The summed E-state index contributed by atoms with van der Waals surface area (Å²) in [5, 5.41) is 5.79. The summed E-state index contributed by atoms with van der Waals surface area (Å²) in [6.45, 7) is 0. The summed E-state index contributed by atoms with van der Waals surface area (Å²) in [7, 11) is -1.43. The fourth-order valence-corrected chi connectivity index (χ4v) is 1.67. The van der Waals surface area contributed by atoms with Gasteiger partial charge in [-0.3, -0.25) is 9.52 Å². The minimum Gasteiger partial charge on any atom is -0.468 e. The number of ether oxygens (including phenoxy) is 2. The summed E-state index contributed by atoms with van der Waals surface area (Å²) < 4.78 is 33.5. The van der Waals surface area contributed by atoms with Crippen LogP contribution in [0.15, 0.2) is 0 Å². The maximum atomic E-state index is 11.3. The molecule has 9 nitrogen and oxygen atoms in total. The lowest BCUT2D eigenvalue weighted by Crippen LogP contribution is -2.24. The van der Waals surface area contributed by atoms with Crippen molar-refractivity contribution in [2.45, 2.75) is 0 Å². The highest BCUT2D eigenvalue weighted by molar-refractivity contribution is 7.93. The van der Waals surface area contributed by atoms with Gasteiger partial charge in [0.2, 0.25) is 16.0 Å². The zero-order valence-electron chi connectivity index (χ0n) is 8.55. The number of aromatic nitrogens is 3. The third-order valence-electron chi connectivity index (χ3n) is 1.44. The van der Waals surface area contributed by atoms with Crippen LogP contribution in [0, 0.1) is 0 Å². The number of H-pyrrole nitrogens is 1. The van der Waals surface area contributed by atoms with Crippen LogP contribution in [-0.4, -0.2) is 49.5 Å². The molecule has 0 spiro atoms. The van der Waals surface area contributed by atoms with Gasteiger partial charge in [0.25, 0.3) is 0 Å². The van der Waals surface area contributed by atoms with Gasteiger partial charge in [-0.05, 0) is 0 Å². The fourth-order valence-electron chi connectivity index (χ4n) is 0.781. The second kappa shape index (κ2) is 4.79. The number of rotatable bonds is 5. The Morgan fingerprint density at radius 1 is 1.50 bits per heavy atom. The fraction of sp³-hybridized carbons (Fsp3) is 0.500. The van der Waals surface area contributed by atoms with Crippen LogP contribution in [0.25, 0.3) is 0 Å². The van der Waals surface area contributed by atoms with Gasteiger partial charge in [-0.2, -0.15) is 4.98 Å². The molecule has 0 saturated carbocycles. The standard InChI is InChI=1S/C6H10N4O5S/c1-14-4(11)3-16(12,13)10-5-7-6(15-2)9-8-5/h3H2,1-2H3,(H2,7,8,9,10). The number of sulfonamides is 1. The molecule has 0 radical (unpaired) electrons. The van der Waals surface area contributed by atoms with E-state index in [-0.39, 0.29) is 12.0 Å². The van der Waals surface area contributed by atoms with Crippen molar-refractivity contribution in [2.75, 3.05) is 24.7 Å². The van der Waals surface area contributed by atoms with E-state index >= 15 is 0 Å². The average Bonchev–Trinajstić information content (AvgIpc) is 2.63. The van der Waals surface area contributed by atoms with Crippen LogP contribution < -0.4 is 9.46 Å². The number of hydrogen-bond donors (Lipinski definition) is 2. The Morgan fingerprint density at radius 2 is 2.19 bits per heavy atom. The first-order chi connectivity index (χ1) is 7.46. The lowest BCUT2D eigenvalue weighted by atomic mass is 10.8. The quantitative estimate of drug-likeness (QED) is 0.624. The van der Waals surface area contributed by atoms with E-state index in [9.17, 15) is 13.2 Å². The molecular weight excluding hydrogens is 240 g/mol. The SMILES string of the molecule is COC(=O)CS(=O)(=O)Nc1nc(OC)n[nH]1. The van der Waals surface area contributed by atoms with Gasteiger partial charge in [0.05, 0.1) is 14.2 Å². The number of esters is 1. The number of anilines is 1. The molecule has 10 heteroatoms. The molecule has 0 fully saturated rings. The van der Waals surface area contributed by atoms with Crippen LogP contribution in [0.1, 0.15) is 0 Å². The Morgan fingerprint density at radius 3 is 2.69 bits per heavy atom. The highest BCUT2D eigenvalue weighted by atomic mass is 32.2. The van der Waals surface area contributed by atoms with Crippen LogP contribution in [-0.2, 0) is 19.6 Å². The van der Waals surface area contributed by atoms with Gasteiger partial charge in [0, 0.05) is 0 Å². The molecule has 0 aliphatic carbocycles. The van der Waals surface area contributed by atoms with Crippen molar-refractivity contribution in [3.8, 4) is 6.01 Å². The van der Waals surface area contributed by atoms with Crippen molar-refractivity contribution in [3.63, 3.8) is 0 Å². The third-order valence-corrected chi connectivity index (χ3v) is 2.56. The molecule has 0 aliphatic rings. The van der Waals surface area contributed by atoms with E-state index in [4.69, 9.17) is 0 Å². The van der Waals surface area contributed by atoms with Gasteiger partial charge < -0.3 is 9.47 Å². The molecule has 0 bridgehead atoms. The van der Waals surface area contributed by atoms with Crippen LogP contribution in [0.4, 0.5) is 5.95 Å². The molecule has 1 rings (SSSR count). The summed E-state index contributed by atoms with van der Waals surface area (Å²) in [6.07, 6.45) is 0. The highest BCUT2D eigenvalue weighted by Gasteiger charge is 2.18. The molecule has 1 heterocycles. The van der Waals surface area contributed by atoms with Gasteiger partial charge in [0.1, 0.15) is 0 Å². The maximum absolute atomic E-state index is 11.3. The summed E-state index contributed by atoms with van der Waals surface area (Å²) in [5.41, 5.74) is 0. The number of nitrogens with zero attached hydrogens (tertiary/aromatic N) is 2. The van der Waals surface area contributed by atoms with Gasteiger partial charge >= 0.3 is 12.0 Å². The molecule has 0 saturated heterocycles. The predicted octanol–water partition coefficient (Wildman–Crippen LogP) is -1.27. The number of carbonyl (C=O) groups excluding carboxylic acids is 1. The maximum Gasteiger partial charge on any atom is 0.336 e. The largest absolute Gasteiger partial charge is 0.468 e. The molecule has 0 atom stereocenters. The lowest BCUT2D eigenvalue weighted by Gasteiger charge is -2.02. The lowest BCUT2D eigenvalue weighted by molar-refractivity contribution is -0.137. The summed E-state index contributed by atoms with van der Waals surface area (Å²) in [5.74, 6) is -1.81. The van der Waals surface area contributed by atoms with Crippen molar-refractivity contribution in [1.82, 2.24) is 15.2 Å². The van der Waals surface area contributed by atoms with Gasteiger partial charge in [-0.25, -0.2) is 13.5 Å². The molecular formula is C6H10N4O5S. The first kappa shape index (κ1) is 12.2. The molecule has 90 valence electrons. The average molecular weight is 250 g/mol. The second-order valence-electron chi connectivity index (χ2n) is 2.61.